The van der Waals surface area contributed by atoms with Gasteiger partial charge in [0.25, 0.3) is 5.69 Å². The van der Waals surface area contributed by atoms with Crippen LogP contribution in [0.2, 0.25) is 0 Å². The molecule has 12 heavy (non-hydrogen) atoms. The summed E-state index contributed by atoms with van der Waals surface area (Å²) in [5.74, 6) is 0. The van der Waals surface area contributed by atoms with E-state index in [0.29, 0.717) is 13.2 Å². The Balaban J connectivity index is 2.58. The van der Waals surface area contributed by atoms with Crippen LogP contribution >= 0.6 is 0 Å². The van der Waals surface area contributed by atoms with Gasteiger partial charge in [-0.05, 0) is 6.92 Å². The zero-order valence-corrected chi connectivity index (χ0v) is 6.74. The molecule has 0 saturated carbocycles. The number of ether oxygens (including phenoxy) is 1. The lowest BCUT2D eigenvalue weighted by Crippen LogP contribution is -1.90. The average Bonchev–Trinajstić information content (AvgIpc) is 2.48. The average molecular weight is 170 g/mol. The maximum absolute atomic E-state index is 10.2. The lowest BCUT2D eigenvalue weighted by Gasteiger charge is -1.94. The zero-order chi connectivity index (χ0) is 8.97. The van der Waals surface area contributed by atoms with Gasteiger partial charge in [0.1, 0.15) is 0 Å². The third kappa shape index (κ3) is 2.06. The van der Waals surface area contributed by atoms with Gasteiger partial charge in [0.15, 0.2) is 0 Å². The molecule has 0 amide bonds. The van der Waals surface area contributed by atoms with Crippen LogP contribution in [0.5, 0.6) is 0 Å². The number of aromatic amines is 1. The molecule has 1 N–H and O–H groups in total. The Kier molecular flexibility index (Phi) is 2.82. The molecular formula is C7H10N2O3. The number of rotatable bonds is 4. The minimum Gasteiger partial charge on any atom is -0.376 e. The molecule has 0 aliphatic carbocycles. The molecule has 0 spiro atoms. The van der Waals surface area contributed by atoms with Crippen LogP contribution in [0, 0.1) is 10.1 Å². The van der Waals surface area contributed by atoms with Crippen LogP contribution in [0.15, 0.2) is 12.3 Å². The van der Waals surface area contributed by atoms with Crippen molar-refractivity contribution in [1.29, 1.82) is 0 Å². The predicted molar refractivity (Wildman–Crippen MR) is 42.8 cm³/mol. The minimum atomic E-state index is -0.439. The molecule has 0 bridgehead atoms. The molecule has 1 heterocycles. The summed E-state index contributed by atoms with van der Waals surface area (Å²) in [6.07, 6.45) is 1.36. The molecular weight excluding hydrogens is 160 g/mol. The lowest BCUT2D eigenvalue weighted by molar-refractivity contribution is -0.384. The molecule has 0 saturated heterocycles. The molecule has 0 radical (unpaired) electrons. The maximum atomic E-state index is 10.2. The Bertz CT molecular complexity index is 269. The fourth-order valence-corrected chi connectivity index (χ4v) is 0.829. The van der Waals surface area contributed by atoms with E-state index in [-0.39, 0.29) is 5.69 Å². The van der Waals surface area contributed by atoms with Gasteiger partial charge in [0.2, 0.25) is 0 Å². The molecule has 5 heteroatoms. The van der Waals surface area contributed by atoms with E-state index in [2.05, 4.69) is 4.98 Å². The van der Waals surface area contributed by atoms with Crippen molar-refractivity contribution >= 4 is 5.69 Å². The van der Waals surface area contributed by atoms with Crippen LogP contribution < -0.4 is 0 Å². The van der Waals surface area contributed by atoms with Gasteiger partial charge < -0.3 is 9.72 Å². The van der Waals surface area contributed by atoms with Crippen LogP contribution in [0.3, 0.4) is 0 Å². The maximum Gasteiger partial charge on any atom is 0.287 e. The van der Waals surface area contributed by atoms with E-state index in [9.17, 15) is 10.1 Å². The van der Waals surface area contributed by atoms with Gasteiger partial charge in [-0.15, -0.1) is 0 Å². The standard InChI is InChI=1S/C7H10N2O3/c1-2-12-5-6-3-7(4-8-6)9(10)11/h3-4,8H,2,5H2,1H3. The van der Waals surface area contributed by atoms with E-state index in [1.807, 2.05) is 6.92 Å². The Labute approximate surface area is 69.5 Å². The van der Waals surface area contributed by atoms with Gasteiger partial charge in [0, 0.05) is 18.4 Å². The van der Waals surface area contributed by atoms with Crippen molar-refractivity contribution in [3.63, 3.8) is 0 Å². The minimum absolute atomic E-state index is 0.0738. The second-order valence-corrected chi connectivity index (χ2v) is 2.28. The quantitative estimate of drug-likeness (QED) is 0.549. The van der Waals surface area contributed by atoms with E-state index >= 15 is 0 Å². The Hall–Kier alpha value is -1.36. The van der Waals surface area contributed by atoms with Gasteiger partial charge in [-0.25, -0.2) is 0 Å². The van der Waals surface area contributed by atoms with Crippen molar-refractivity contribution in [3.8, 4) is 0 Å². The Morgan fingerprint density at radius 1 is 1.75 bits per heavy atom. The van der Waals surface area contributed by atoms with E-state index in [1.54, 1.807) is 0 Å². The van der Waals surface area contributed by atoms with Crippen LogP contribution in [0.4, 0.5) is 5.69 Å². The summed E-state index contributed by atoms with van der Waals surface area (Å²) >= 11 is 0. The van der Waals surface area contributed by atoms with Crippen molar-refractivity contribution in [2.75, 3.05) is 6.61 Å². The molecule has 0 atom stereocenters. The van der Waals surface area contributed by atoms with Crippen LogP contribution in [0.25, 0.3) is 0 Å². The third-order valence-electron chi connectivity index (χ3n) is 1.40. The Morgan fingerprint density at radius 3 is 3.00 bits per heavy atom. The van der Waals surface area contributed by atoms with Crippen molar-refractivity contribution < 1.29 is 9.66 Å². The summed E-state index contributed by atoms with van der Waals surface area (Å²) in [6, 6.07) is 1.47. The molecule has 1 aromatic rings. The molecule has 5 nitrogen and oxygen atoms in total. The number of aromatic nitrogens is 1. The highest BCUT2D eigenvalue weighted by atomic mass is 16.6. The lowest BCUT2D eigenvalue weighted by atomic mass is 10.4. The summed E-state index contributed by atoms with van der Waals surface area (Å²) in [5.41, 5.74) is 0.799. The summed E-state index contributed by atoms with van der Waals surface area (Å²) in [6.45, 7) is 2.87. The summed E-state index contributed by atoms with van der Waals surface area (Å²) in [7, 11) is 0. The molecule has 0 aliphatic rings. The molecule has 0 unspecified atom stereocenters. The van der Waals surface area contributed by atoms with Crippen molar-refractivity contribution in [2.24, 2.45) is 0 Å². The topological polar surface area (TPSA) is 68.2 Å². The first kappa shape index (κ1) is 8.73. The molecule has 1 aromatic heterocycles. The van der Waals surface area contributed by atoms with Gasteiger partial charge in [-0.1, -0.05) is 0 Å². The number of H-pyrrole nitrogens is 1. The normalized spacial score (nSPS) is 10.1. The first-order valence-electron chi connectivity index (χ1n) is 3.63. The van der Waals surface area contributed by atoms with Crippen molar-refractivity contribution in [2.45, 2.75) is 13.5 Å². The molecule has 1 rings (SSSR count). The number of nitrogens with one attached hydrogen (secondary N) is 1. The molecule has 0 aliphatic heterocycles. The first-order valence-corrected chi connectivity index (χ1v) is 3.63. The number of hydrogen-bond acceptors (Lipinski definition) is 3. The van der Waals surface area contributed by atoms with Gasteiger partial charge in [-0.3, -0.25) is 10.1 Å². The van der Waals surface area contributed by atoms with E-state index in [0.717, 1.165) is 5.69 Å². The fourth-order valence-electron chi connectivity index (χ4n) is 0.829. The van der Waals surface area contributed by atoms with Crippen LogP contribution in [-0.2, 0) is 11.3 Å². The number of nitro groups is 1. The van der Waals surface area contributed by atoms with Crippen molar-refractivity contribution in [3.05, 3.63) is 28.1 Å². The number of nitrogens with zero attached hydrogens (tertiary/aromatic N) is 1. The monoisotopic (exact) mass is 170 g/mol. The van der Waals surface area contributed by atoms with Gasteiger partial charge in [-0.2, -0.15) is 0 Å². The largest absolute Gasteiger partial charge is 0.376 e. The third-order valence-corrected chi connectivity index (χ3v) is 1.40. The first-order chi connectivity index (χ1) is 5.74. The van der Waals surface area contributed by atoms with E-state index in [4.69, 9.17) is 4.74 Å². The fraction of sp³-hybridized carbons (Fsp3) is 0.429. The molecule has 66 valence electrons. The van der Waals surface area contributed by atoms with Crippen molar-refractivity contribution in [1.82, 2.24) is 4.98 Å². The Morgan fingerprint density at radius 2 is 2.50 bits per heavy atom. The smallest absolute Gasteiger partial charge is 0.287 e. The van der Waals surface area contributed by atoms with Crippen LogP contribution in [0.1, 0.15) is 12.6 Å². The molecule has 0 aromatic carbocycles. The second kappa shape index (κ2) is 3.87. The zero-order valence-electron chi connectivity index (χ0n) is 6.74. The number of hydrogen-bond donors (Lipinski definition) is 1. The summed E-state index contributed by atoms with van der Waals surface area (Å²) in [4.78, 5) is 12.5. The van der Waals surface area contributed by atoms with Gasteiger partial charge >= 0.3 is 0 Å². The van der Waals surface area contributed by atoms with E-state index < -0.39 is 4.92 Å². The summed E-state index contributed by atoms with van der Waals surface area (Å²) in [5, 5.41) is 10.2. The van der Waals surface area contributed by atoms with E-state index in [1.165, 1.54) is 12.3 Å². The SMILES string of the molecule is CCOCc1cc([N+](=O)[O-])c[nH]1. The predicted octanol–water partition coefficient (Wildman–Crippen LogP) is 1.46. The summed E-state index contributed by atoms with van der Waals surface area (Å²) < 4.78 is 5.06. The highest BCUT2D eigenvalue weighted by molar-refractivity contribution is 5.29. The van der Waals surface area contributed by atoms with Crippen LogP contribution in [-0.4, -0.2) is 16.5 Å². The van der Waals surface area contributed by atoms with Gasteiger partial charge in [0.05, 0.1) is 17.7 Å². The molecule has 0 fully saturated rings. The second-order valence-electron chi connectivity index (χ2n) is 2.28. The highest BCUT2D eigenvalue weighted by Gasteiger charge is 2.07. The highest BCUT2D eigenvalue weighted by Crippen LogP contribution is 2.12.